The van der Waals surface area contributed by atoms with Crippen LogP contribution in [-0.4, -0.2) is 49.0 Å². The molecule has 1 rings (SSSR count). The lowest BCUT2D eigenvalue weighted by Gasteiger charge is -2.20. The molecule has 0 aromatic rings. The number of nitrogens with one attached hydrogen (secondary N) is 2. The van der Waals surface area contributed by atoms with Crippen molar-refractivity contribution in [3.8, 4) is 0 Å². The molecule has 1 fully saturated rings. The van der Waals surface area contributed by atoms with E-state index in [9.17, 15) is 4.79 Å². The maximum absolute atomic E-state index is 11.9. The summed E-state index contributed by atoms with van der Waals surface area (Å²) >= 11 is 0. The van der Waals surface area contributed by atoms with Crippen LogP contribution in [0, 0.1) is 0 Å². The van der Waals surface area contributed by atoms with Crippen molar-refractivity contribution >= 4 is 35.8 Å². The van der Waals surface area contributed by atoms with Crippen LogP contribution in [0.15, 0.2) is 4.99 Å². The van der Waals surface area contributed by atoms with Gasteiger partial charge in [0.25, 0.3) is 0 Å². The molecule has 6 heteroatoms. The number of hydrogen-bond acceptors (Lipinski definition) is 2. The molecule has 0 atom stereocenters. The average Bonchev–Trinajstić information content (AvgIpc) is 2.59. The Morgan fingerprint density at radius 1 is 1.33 bits per heavy atom. The molecular formula is C15H31IN4O. The summed E-state index contributed by atoms with van der Waals surface area (Å²) in [5, 5.41) is 6.53. The van der Waals surface area contributed by atoms with Gasteiger partial charge < -0.3 is 15.5 Å². The molecule has 0 radical (unpaired) electrons. The summed E-state index contributed by atoms with van der Waals surface area (Å²) < 4.78 is 0. The van der Waals surface area contributed by atoms with Gasteiger partial charge in [0.2, 0.25) is 5.91 Å². The molecule has 0 unspecified atom stereocenters. The summed E-state index contributed by atoms with van der Waals surface area (Å²) in [7, 11) is 0. The standard InChI is InChI=1S/C15H30N4O.HI/c1-4-16-15(18-13(2)3)17-10-8-12-19-11-7-5-6-9-14(19)20;/h13H,4-12H2,1-3H3,(H2,16,17,18);1H. The van der Waals surface area contributed by atoms with Gasteiger partial charge in [-0.05, 0) is 40.0 Å². The van der Waals surface area contributed by atoms with E-state index in [-0.39, 0.29) is 24.0 Å². The summed E-state index contributed by atoms with van der Waals surface area (Å²) in [5.74, 6) is 1.18. The van der Waals surface area contributed by atoms with E-state index < -0.39 is 0 Å². The number of aliphatic imine (C=N–C) groups is 1. The molecule has 0 aliphatic carbocycles. The van der Waals surface area contributed by atoms with Gasteiger partial charge in [0, 0.05) is 38.6 Å². The Kier molecular flexibility index (Phi) is 11.8. The van der Waals surface area contributed by atoms with Crippen LogP contribution >= 0.6 is 24.0 Å². The van der Waals surface area contributed by atoms with Gasteiger partial charge in [-0.1, -0.05) is 6.42 Å². The molecule has 0 aromatic carbocycles. The van der Waals surface area contributed by atoms with Crippen LogP contribution in [-0.2, 0) is 4.79 Å². The van der Waals surface area contributed by atoms with Gasteiger partial charge >= 0.3 is 0 Å². The van der Waals surface area contributed by atoms with E-state index in [1.807, 2.05) is 4.90 Å². The van der Waals surface area contributed by atoms with Gasteiger partial charge in [-0.3, -0.25) is 9.79 Å². The number of carbonyl (C=O) groups is 1. The molecule has 21 heavy (non-hydrogen) atoms. The molecule has 0 spiro atoms. The van der Waals surface area contributed by atoms with E-state index in [0.717, 1.165) is 57.8 Å². The fraction of sp³-hybridized carbons (Fsp3) is 0.867. The minimum atomic E-state index is 0. The van der Waals surface area contributed by atoms with Crippen molar-refractivity contribution in [3.05, 3.63) is 0 Å². The number of carbonyl (C=O) groups excluding carboxylic acids is 1. The normalized spacial score (nSPS) is 16.5. The van der Waals surface area contributed by atoms with Crippen molar-refractivity contribution in [1.29, 1.82) is 0 Å². The zero-order chi connectivity index (χ0) is 14.8. The molecule has 1 amide bonds. The molecule has 5 nitrogen and oxygen atoms in total. The third kappa shape index (κ3) is 9.16. The van der Waals surface area contributed by atoms with Gasteiger partial charge in [0.1, 0.15) is 0 Å². The summed E-state index contributed by atoms with van der Waals surface area (Å²) in [4.78, 5) is 18.4. The Morgan fingerprint density at radius 3 is 2.76 bits per heavy atom. The zero-order valence-electron chi connectivity index (χ0n) is 13.7. The number of amides is 1. The van der Waals surface area contributed by atoms with Gasteiger partial charge in [-0.25, -0.2) is 0 Å². The molecule has 1 aliphatic rings. The third-order valence-corrected chi connectivity index (χ3v) is 3.30. The summed E-state index contributed by atoms with van der Waals surface area (Å²) in [5.41, 5.74) is 0. The maximum Gasteiger partial charge on any atom is 0.222 e. The lowest BCUT2D eigenvalue weighted by molar-refractivity contribution is -0.130. The summed E-state index contributed by atoms with van der Waals surface area (Å²) in [6.07, 6.45) is 5.04. The predicted octanol–water partition coefficient (Wildman–Crippen LogP) is 2.36. The van der Waals surface area contributed by atoms with E-state index in [0.29, 0.717) is 11.9 Å². The maximum atomic E-state index is 11.9. The first-order valence-electron chi connectivity index (χ1n) is 7.96. The highest BCUT2D eigenvalue weighted by Gasteiger charge is 2.15. The Balaban J connectivity index is 0.00000400. The van der Waals surface area contributed by atoms with Gasteiger partial charge in [-0.15, -0.1) is 24.0 Å². The molecule has 1 saturated heterocycles. The zero-order valence-corrected chi connectivity index (χ0v) is 16.0. The average molecular weight is 410 g/mol. The van der Waals surface area contributed by atoms with Gasteiger partial charge in [0.15, 0.2) is 5.96 Å². The second-order valence-corrected chi connectivity index (χ2v) is 5.60. The summed E-state index contributed by atoms with van der Waals surface area (Å²) in [6.45, 7) is 9.64. The lowest BCUT2D eigenvalue weighted by atomic mass is 10.2. The first-order valence-corrected chi connectivity index (χ1v) is 7.96. The molecule has 0 aromatic heterocycles. The highest BCUT2D eigenvalue weighted by molar-refractivity contribution is 14.0. The number of guanidine groups is 1. The van der Waals surface area contributed by atoms with Gasteiger partial charge in [0.05, 0.1) is 0 Å². The predicted molar refractivity (Wildman–Crippen MR) is 99.3 cm³/mol. The molecule has 2 N–H and O–H groups in total. The monoisotopic (exact) mass is 410 g/mol. The fourth-order valence-electron chi connectivity index (χ4n) is 2.32. The topological polar surface area (TPSA) is 56.7 Å². The van der Waals surface area contributed by atoms with Gasteiger partial charge in [-0.2, -0.15) is 0 Å². The van der Waals surface area contributed by atoms with Crippen LogP contribution in [0.2, 0.25) is 0 Å². The SMILES string of the molecule is CCNC(=NCCCN1CCCCCC1=O)NC(C)C.I. The van der Waals surface area contributed by atoms with E-state index in [1.165, 1.54) is 6.42 Å². The van der Waals surface area contributed by atoms with Crippen molar-refractivity contribution in [2.45, 2.75) is 58.9 Å². The summed E-state index contributed by atoms with van der Waals surface area (Å²) in [6, 6.07) is 0.375. The lowest BCUT2D eigenvalue weighted by Crippen LogP contribution is -2.41. The fourth-order valence-corrected chi connectivity index (χ4v) is 2.32. The number of likely N-dealkylation sites (tertiary alicyclic amines) is 1. The minimum Gasteiger partial charge on any atom is -0.357 e. The van der Waals surface area contributed by atoms with Crippen LogP contribution in [0.3, 0.4) is 0 Å². The molecular weight excluding hydrogens is 379 g/mol. The van der Waals surface area contributed by atoms with Crippen LogP contribution in [0.5, 0.6) is 0 Å². The largest absolute Gasteiger partial charge is 0.357 e. The number of hydrogen-bond donors (Lipinski definition) is 2. The van der Waals surface area contributed by atoms with Crippen LogP contribution < -0.4 is 10.6 Å². The van der Waals surface area contributed by atoms with Crippen LogP contribution in [0.4, 0.5) is 0 Å². The van der Waals surface area contributed by atoms with Crippen LogP contribution in [0.1, 0.15) is 52.9 Å². The van der Waals surface area contributed by atoms with E-state index in [1.54, 1.807) is 0 Å². The molecule has 0 bridgehead atoms. The highest BCUT2D eigenvalue weighted by Crippen LogP contribution is 2.11. The third-order valence-electron chi connectivity index (χ3n) is 3.30. The van der Waals surface area contributed by atoms with Crippen molar-refractivity contribution in [1.82, 2.24) is 15.5 Å². The molecule has 0 saturated carbocycles. The Hall–Kier alpha value is -0.530. The molecule has 1 heterocycles. The Bertz CT molecular complexity index is 321. The smallest absolute Gasteiger partial charge is 0.222 e. The first kappa shape index (κ1) is 20.5. The molecule has 1 aliphatic heterocycles. The van der Waals surface area contributed by atoms with Crippen molar-refractivity contribution in [2.75, 3.05) is 26.2 Å². The van der Waals surface area contributed by atoms with Crippen LogP contribution in [0.25, 0.3) is 0 Å². The quantitative estimate of drug-likeness (QED) is 0.306. The number of halogens is 1. The van der Waals surface area contributed by atoms with E-state index in [4.69, 9.17) is 0 Å². The van der Waals surface area contributed by atoms with Crippen molar-refractivity contribution < 1.29 is 4.79 Å². The number of nitrogens with zero attached hydrogens (tertiary/aromatic N) is 2. The second kappa shape index (κ2) is 12.1. The Morgan fingerprint density at radius 2 is 2.10 bits per heavy atom. The highest BCUT2D eigenvalue weighted by atomic mass is 127. The van der Waals surface area contributed by atoms with Crippen molar-refractivity contribution in [2.24, 2.45) is 4.99 Å². The first-order chi connectivity index (χ1) is 9.63. The molecule has 124 valence electrons. The van der Waals surface area contributed by atoms with E-state index >= 15 is 0 Å². The second-order valence-electron chi connectivity index (χ2n) is 5.60. The minimum absolute atomic E-state index is 0. The van der Waals surface area contributed by atoms with Crippen molar-refractivity contribution in [3.63, 3.8) is 0 Å². The van der Waals surface area contributed by atoms with E-state index in [2.05, 4.69) is 36.4 Å². The number of rotatable bonds is 6. The Labute approximate surface area is 146 Å².